The van der Waals surface area contributed by atoms with Crippen molar-refractivity contribution in [3.63, 3.8) is 0 Å². The number of aromatic nitrogens is 3. The van der Waals surface area contributed by atoms with Crippen LogP contribution in [-0.2, 0) is 19.5 Å². The number of unbranched alkanes of at least 4 members (excludes halogenated alkanes) is 1. The molecule has 0 atom stereocenters. The molecule has 0 radical (unpaired) electrons. The van der Waals surface area contributed by atoms with Crippen LogP contribution in [0.5, 0.6) is 11.5 Å². The highest BCUT2D eigenvalue weighted by Crippen LogP contribution is 2.28. The molecule has 0 bridgehead atoms. The lowest BCUT2D eigenvalue weighted by Gasteiger charge is -2.13. The maximum Gasteiger partial charge on any atom is 0.270 e. The molecule has 7 heteroatoms. The van der Waals surface area contributed by atoms with E-state index in [-0.39, 0.29) is 5.91 Å². The number of hydrogen-bond acceptors (Lipinski definition) is 5. The smallest absolute Gasteiger partial charge is 0.270 e. The normalized spacial score (nSPS) is 10.8. The van der Waals surface area contributed by atoms with Gasteiger partial charge < -0.3 is 19.4 Å². The van der Waals surface area contributed by atoms with Crippen molar-refractivity contribution in [2.24, 2.45) is 0 Å². The second-order valence-electron chi connectivity index (χ2n) is 8.10. The van der Waals surface area contributed by atoms with Gasteiger partial charge in [-0.25, -0.2) is 4.98 Å². The first-order valence-corrected chi connectivity index (χ1v) is 11.7. The first kappa shape index (κ1) is 24.0. The summed E-state index contributed by atoms with van der Waals surface area (Å²) >= 11 is 0. The Hall–Kier alpha value is -4.13. The zero-order valence-corrected chi connectivity index (χ0v) is 19.9. The fourth-order valence-electron chi connectivity index (χ4n) is 3.94. The number of rotatable bonds is 12. The average Bonchev–Trinajstić information content (AvgIpc) is 3.25. The van der Waals surface area contributed by atoms with Crippen LogP contribution >= 0.6 is 0 Å². The van der Waals surface area contributed by atoms with Crippen LogP contribution in [0, 0.1) is 0 Å². The molecule has 180 valence electrons. The Balaban J connectivity index is 1.36. The minimum atomic E-state index is -0.217. The molecule has 0 unspecified atom stereocenters. The zero-order chi connectivity index (χ0) is 24.5. The van der Waals surface area contributed by atoms with E-state index < -0.39 is 0 Å². The number of amides is 1. The van der Waals surface area contributed by atoms with E-state index in [2.05, 4.69) is 27.5 Å². The molecule has 7 nitrogen and oxygen atoms in total. The number of nitrogens with zero attached hydrogens (tertiary/aromatic N) is 3. The van der Waals surface area contributed by atoms with Gasteiger partial charge in [0.1, 0.15) is 11.5 Å². The van der Waals surface area contributed by atoms with Crippen molar-refractivity contribution < 1.29 is 14.3 Å². The minimum Gasteiger partial charge on any atom is -0.493 e. The van der Waals surface area contributed by atoms with Crippen molar-refractivity contribution in [1.29, 1.82) is 0 Å². The second-order valence-corrected chi connectivity index (χ2v) is 8.10. The van der Waals surface area contributed by atoms with Crippen LogP contribution in [0.15, 0.2) is 79.5 Å². The van der Waals surface area contributed by atoms with E-state index in [1.165, 1.54) is 0 Å². The van der Waals surface area contributed by atoms with E-state index in [1.54, 1.807) is 31.5 Å². The van der Waals surface area contributed by atoms with E-state index in [0.717, 1.165) is 59.7 Å². The topological polar surface area (TPSA) is 78.3 Å². The number of imidazole rings is 1. The van der Waals surface area contributed by atoms with E-state index in [4.69, 9.17) is 14.5 Å². The Kier molecular flexibility index (Phi) is 8.12. The summed E-state index contributed by atoms with van der Waals surface area (Å²) in [5.41, 5.74) is 3.49. The van der Waals surface area contributed by atoms with Gasteiger partial charge in [-0.15, -0.1) is 6.58 Å². The number of carbonyl (C=O) groups excluding carboxylic acids is 1. The van der Waals surface area contributed by atoms with Crippen LogP contribution in [0.2, 0.25) is 0 Å². The van der Waals surface area contributed by atoms with Gasteiger partial charge in [-0.3, -0.25) is 9.78 Å². The highest BCUT2D eigenvalue weighted by molar-refractivity contribution is 5.92. The van der Waals surface area contributed by atoms with Gasteiger partial charge in [0.25, 0.3) is 5.91 Å². The van der Waals surface area contributed by atoms with Crippen LogP contribution in [0.4, 0.5) is 0 Å². The molecule has 1 N–H and O–H groups in total. The molecule has 2 aromatic heterocycles. The fourth-order valence-corrected chi connectivity index (χ4v) is 3.94. The van der Waals surface area contributed by atoms with E-state index in [9.17, 15) is 4.79 Å². The maximum absolute atomic E-state index is 12.4. The third kappa shape index (κ3) is 6.06. The van der Waals surface area contributed by atoms with Crippen LogP contribution in [0.25, 0.3) is 11.0 Å². The van der Waals surface area contributed by atoms with Gasteiger partial charge in [-0.2, -0.15) is 0 Å². The van der Waals surface area contributed by atoms with Gasteiger partial charge in [0.15, 0.2) is 11.5 Å². The first-order valence-electron chi connectivity index (χ1n) is 11.7. The third-order valence-electron chi connectivity index (χ3n) is 5.68. The molecule has 0 aliphatic carbocycles. The monoisotopic (exact) mass is 470 g/mol. The summed E-state index contributed by atoms with van der Waals surface area (Å²) in [5, 5.41) is 2.94. The predicted molar refractivity (Wildman–Crippen MR) is 137 cm³/mol. The molecule has 4 rings (SSSR count). The number of para-hydroxylation sites is 2. The van der Waals surface area contributed by atoms with Crippen molar-refractivity contribution in [1.82, 2.24) is 19.9 Å². The van der Waals surface area contributed by atoms with E-state index in [0.29, 0.717) is 18.8 Å². The standard InChI is InChI=1S/C28H30N4O3/c1-3-10-21-14-15-25(26(19-21)34-2)35-18-9-8-17-32-24-13-5-4-11-22(24)31-27(32)20-30-28(33)23-12-6-7-16-29-23/h3-7,11-16,19H,1,8-10,17-18,20H2,2H3,(H,30,33). The summed E-state index contributed by atoms with van der Waals surface area (Å²) in [6.07, 6.45) is 6.03. The number of benzene rings is 2. The molecule has 2 aromatic carbocycles. The van der Waals surface area contributed by atoms with Gasteiger partial charge >= 0.3 is 0 Å². The maximum atomic E-state index is 12.4. The lowest BCUT2D eigenvalue weighted by molar-refractivity contribution is 0.0944. The summed E-state index contributed by atoms with van der Waals surface area (Å²) < 4.78 is 13.6. The first-order chi connectivity index (χ1) is 17.2. The quantitative estimate of drug-likeness (QED) is 0.234. The largest absolute Gasteiger partial charge is 0.493 e. The van der Waals surface area contributed by atoms with Gasteiger partial charge in [0, 0.05) is 12.7 Å². The third-order valence-corrected chi connectivity index (χ3v) is 5.68. The highest BCUT2D eigenvalue weighted by atomic mass is 16.5. The SMILES string of the molecule is C=CCc1ccc(OCCCCn2c(CNC(=O)c3ccccn3)nc3ccccc32)c(OC)c1. The molecule has 0 fully saturated rings. The molecule has 0 spiro atoms. The number of pyridine rings is 1. The van der Waals surface area contributed by atoms with Crippen molar-refractivity contribution >= 4 is 16.9 Å². The van der Waals surface area contributed by atoms with Crippen molar-refractivity contribution in [2.45, 2.75) is 32.4 Å². The highest BCUT2D eigenvalue weighted by Gasteiger charge is 2.13. The molecule has 0 saturated heterocycles. The van der Waals surface area contributed by atoms with Crippen LogP contribution in [-0.4, -0.2) is 34.2 Å². The molecular weight excluding hydrogens is 440 g/mol. The number of allylic oxidation sites excluding steroid dienone is 1. The number of fused-ring (bicyclic) bond motifs is 1. The predicted octanol–water partition coefficient (Wildman–Crippen LogP) is 4.96. The lowest BCUT2D eigenvalue weighted by Crippen LogP contribution is -2.25. The number of carbonyl (C=O) groups is 1. The Morgan fingerprint density at radius 2 is 1.94 bits per heavy atom. The van der Waals surface area contributed by atoms with Crippen molar-refractivity contribution in [2.75, 3.05) is 13.7 Å². The Morgan fingerprint density at radius 3 is 2.74 bits per heavy atom. The molecular formula is C28H30N4O3. The summed E-state index contributed by atoms with van der Waals surface area (Å²) in [6, 6.07) is 19.3. The van der Waals surface area contributed by atoms with Crippen LogP contribution in [0.3, 0.4) is 0 Å². The summed E-state index contributed by atoms with van der Waals surface area (Å²) in [5.74, 6) is 2.07. The second kappa shape index (κ2) is 11.8. The number of nitrogens with one attached hydrogen (secondary N) is 1. The fraction of sp³-hybridized carbons (Fsp3) is 0.250. The van der Waals surface area contributed by atoms with E-state index in [1.807, 2.05) is 42.5 Å². The molecule has 0 aliphatic heterocycles. The van der Waals surface area contributed by atoms with Gasteiger partial charge in [-0.1, -0.05) is 30.3 Å². The Labute approximate surface area is 205 Å². The number of aryl methyl sites for hydroxylation is 1. The summed E-state index contributed by atoms with van der Waals surface area (Å²) in [4.78, 5) is 21.3. The average molecular weight is 471 g/mol. The van der Waals surface area contributed by atoms with Crippen LogP contribution < -0.4 is 14.8 Å². The summed E-state index contributed by atoms with van der Waals surface area (Å²) in [7, 11) is 1.65. The summed E-state index contributed by atoms with van der Waals surface area (Å²) in [6.45, 7) is 5.46. The molecule has 2 heterocycles. The van der Waals surface area contributed by atoms with Gasteiger partial charge in [0.2, 0.25) is 0 Å². The number of ether oxygens (including phenoxy) is 2. The van der Waals surface area contributed by atoms with Crippen molar-refractivity contribution in [3.05, 3.63) is 96.6 Å². The minimum absolute atomic E-state index is 0.217. The van der Waals surface area contributed by atoms with Crippen molar-refractivity contribution in [3.8, 4) is 11.5 Å². The van der Waals surface area contributed by atoms with E-state index >= 15 is 0 Å². The lowest BCUT2D eigenvalue weighted by atomic mass is 10.1. The molecule has 0 aliphatic rings. The number of methoxy groups -OCH3 is 1. The Morgan fingerprint density at radius 1 is 1.09 bits per heavy atom. The van der Waals surface area contributed by atoms with Gasteiger partial charge in [-0.05, 0) is 61.2 Å². The molecule has 0 saturated carbocycles. The molecule has 35 heavy (non-hydrogen) atoms. The van der Waals surface area contributed by atoms with Crippen LogP contribution in [0.1, 0.15) is 34.7 Å². The molecule has 1 amide bonds. The molecule has 4 aromatic rings. The zero-order valence-electron chi connectivity index (χ0n) is 19.9. The van der Waals surface area contributed by atoms with Gasteiger partial charge in [0.05, 0.1) is 31.3 Å². The number of hydrogen-bond donors (Lipinski definition) is 1. The Bertz CT molecular complexity index is 1280.